The number of H-pyrrole nitrogens is 1. The number of ether oxygens (including phenoxy) is 3. The predicted molar refractivity (Wildman–Crippen MR) is 68.1 cm³/mol. The number of carbonyl (C=O) groups is 1. The standard InChI is InChI=1S/C14H18N2O4/c1-14(2)12-8(6-18-14)11(15-16-12)13(17)20-10-5-7-3-4-9(10)19-7/h7,9-10H,3-6H2,1-2H3,(H,15,16)/t7-,9+,10-/m1/s1. The molecule has 2 bridgehead atoms. The first-order chi connectivity index (χ1) is 9.54. The molecular weight excluding hydrogens is 260 g/mol. The number of aromatic amines is 1. The van der Waals surface area contributed by atoms with E-state index in [9.17, 15) is 4.79 Å². The Balaban J connectivity index is 1.53. The Morgan fingerprint density at radius 1 is 1.45 bits per heavy atom. The Hall–Kier alpha value is -1.40. The minimum absolute atomic E-state index is 0.0728. The third kappa shape index (κ3) is 1.71. The highest BCUT2D eigenvalue weighted by molar-refractivity contribution is 5.89. The van der Waals surface area contributed by atoms with Crippen LogP contribution in [0.2, 0.25) is 0 Å². The van der Waals surface area contributed by atoms with Crippen LogP contribution in [0, 0.1) is 0 Å². The van der Waals surface area contributed by atoms with E-state index in [4.69, 9.17) is 14.2 Å². The van der Waals surface area contributed by atoms with Crippen LogP contribution in [-0.4, -0.2) is 34.5 Å². The van der Waals surface area contributed by atoms with Gasteiger partial charge in [0, 0.05) is 12.0 Å². The van der Waals surface area contributed by atoms with E-state index in [-0.39, 0.29) is 24.3 Å². The minimum Gasteiger partial charge on any atom is -0.455 e. The van der Waals surface area contributed by atoms with Gasteiger partial charge in [0.1, 0.15) is 11.7 Å². The number of nitrogens with one attached hydrogen (secondary N) is 1. The fraction of sp³-hybridized carbons (Fsp3) is 0.714. The van der Waals surface area contributed by atoms with Gasteiger partial charge in [-0.1, -0.05) is 0 Å². The number of esters is 1. The van der Waals surface area contributed by atoms with Gasteiger partial charge in [-0.25, -0.2) is 4.79 Å². The van der Waals surface area contributed by atoms with Crippen molar-refractivity contribution in [3.8, 4) is 0 Å². The van der Waals surface area contributed by atoms with Gasteiger partial charge in [-0.15, -0.1) is 0 Å². The van der Waals surface area contributed by atoms with Crippen LogP contribution < -0.4 is 0 Å². The van der Waals surface area contributed by atoms with Crippen molar-refractivity contribution in [2.45, 2.75) is 63.6 Å². The Kier molecular flexibility index (Phi) is 2.50. The molecular formula is C14H18N2O4. The molecule has 4 heterocycles. The molecule has 3 aliphatic rings. The van der Waals surface area contributed by atoms with Crippen LogP contribution in [-0.2, 0) is 26.4 Å². The average Bonchev–Trinajstić information content (AvgIpc) is 3.12. The maximum atomic E-state index is 12.3. The zero-order valence-corrected chi connectivity index (χ0v) is 11.6. The molecule has 6 nitrogen and oxygen atoms in total. The summed E-state index contributed by atoms with van der Waals surface area (Å²) in [5.41, 5.74) is 1.63. The van der Waals surface area contributed by atoms with Crippen LogP contribution >= 0.6 is 0 Å². The quantitative estimate of drug-likeness (QED) is 0.833. The van der Waals surface area contributed by atoms with Gasteiger partial charge in [-0.3, -0.25) is 5.10 Å². The molecule has 108 valence electrons. The molecule has 1 aromatic rings. The Morgan fingerprint density at radius 2 is 2.30 bits per heavy atom. The number of hydrogen-bond donors (Lipinski definition) is 1. The molecule has 6 heteroatoms. The number of rotatable bonds is 2. The Bertz CT molecular complexity index is 566. The lowest BCUT2D eigenvalue weighted by atomic mass is 9.98. The van der Waals surface area contributed by atoms with Gasteiger partial charge in [0.05, 0.1) is 24.5 Å². The van der Waals surface area contributed by atoms with Gasteiger partial charge in [0.15, 0.2) is 5.69 Å². The van der Waals surface area contributed by atoms with Crippen molar-refractivity contribution in [2.75, 3.05) is 0 Å². The molecule has 1 N–H and O–H groups in total. The zero-order chi connectivity index (χ0) is 13.9. The Morgan fingerprint density at radius 3 is 3.00 bits per heavy atom. The first-order valence-electron chi connectivity index (χ1n) is 7.13. The molecule has 1 aromatic heterocycles. The summed E-state index contributed by atoms with van der Waals surface area (Å²) in [6.07, 6.45) is 3.10. The van der Waals surface area contributed by atoms with Crippen molar-refractivity contribution in [3.05, 3.63) is 17.0 Å². The first kappa shape index (κ1) is 12.3. The third-order valence-electron chi connectivity index (χ3n) is 4.55. The first-order valence-corrected chi connectivity index (χ1v) is 7.13. The zero-order valence-electron chi connectivity index (χ0n) is 11.6. The fourth-order valence-corrected chi connectivity index (χ4v) is 3.41. The van der Waals surface area contributed by atoms with Crippen molar-refractivity contribution in [1.29, 1.82) is 0 Å². The van der Waals surface area contributed by atoms with Crippen LogP contribution in [0.1, 0.15) is 54.9 Å². The summed E-state index contributed by atoms with van der Waals surface area (Å²) in [4.78, 5) is 12.3. The molecule has 0 aromatic carbocycles. The largest absolute Gasteiger partial charge is 0.455 e. The lowest BCUT2D eigenvalue weighted by Crippen LogP contribution is -2.28. The van der Waals surface area contributed by atoms with E-state index in [0.29, 0.717) is 12.3 Å². The highest BCUT2D eigenvalue weighted by Gasteiger charge is 2.44. The van der Waals surface area contributed by atoms with Crippen LogP contribution in [0.5, 0.6) is 0 Å². The molecule has 2 fully saturated rings. The SMILES string of the molecule is CC1(C)OCc2c(C(=O)O[C@@H]3C[C@H]4CC[C@@H]3O4)n[nH]c21. The second kappa shape index (κ2) is 4.05. The normalized spacial score (nSPS) is 33.4. The van der Waals surface area contributed by atoms with E-state index in [0.717, 1.165) is 30.5 Å². The number of hydrogen-bond acceptors (Lipinski definition) is 5. The number of fused-ring (bicyclic) bond motifs is 3. The smallest absolute Gasteiger partial charge is 0.359 e. The van der Waals surface area contributed by atoms with Crippen molar-refractivity contribution < 1.29 is 19.0 Å². The molecule has 0 aliphatic carbocycles. The van der Waals surface area contributed by atoms with Gasteiger partial charge in [0.2, 0.25) is 0 Å². The summed E-state index contributed by atoms with van der Waals surface area (Å²) < 4.78 is 16.9. The minimum atomic E-state index is -0.420. The Labute approximate surface area is 116 Å². The molecule has 2 saturated heterocycles. The fourth-order valence-electron chi connectivity index (χ4n) is 3.41. The highest BCUT2D eigenvalue weighted by Crippen LogP contribution is 2.38. The van der Waals surface area contributed by atoms with Gasteiger partial charge in [-0.2, -0.15) is 5.10 Å². The molecule has 0 spiro atoms. The van der Waals surface area contributed by atoms with E-state index in [1.54, 1.807) is 0 Å². The summed E-state index contributed by atoms with van der Waals surface area (Å²) in [5.74, 6) is -0.370. The van der Waals surface area contributed by atoms with Crippen LogP contribution in [0.15, 0.2) is 0 Å². The second-order valence-electron chi connectivity index (χ2n) is 6.28. The van der Waals surface area contributed by atoms with Crippen molar-refractivity contribution >= 4 is 5.97 Å². The topological polar surface area (TPSA) is 73.4 Å². The van der Waals surface area contributed by atoms with Crippen molar-refractivity contribution in [2.24, 2.45) is 0 Å². The molecule has 0 saturated carbocycles. The van der Waals surface area contributed by atoms with E-state index >= 15 is 0 Å². The lowest BCUT2D eigenvalue weighted by Gasteiger charge is -2.18. The average molecular weight is 278 g/mol. The van der Waals surface area contributed by atoms with E-state index in [1.807, 2.05) is 13.8 Å². The highest BCUT2D eigenvalue weighted by atomic mass is 16.6. The van der Waals surface area contributed by atoms with Crippen LogP contribution in [0.4, 0.5) is 0 Å². The van der Waals surface area contributed by atoms with Crippen LogP contribution in [0.25, 0.3) is 0 Å². The van der Waals surface area contributed by atoms with Gasteiger partial charge < -0.3 is 14.2 Å². The summed E-state index contributed by atoms with van der Waals surface area (Å²) in [7, 11) is 0. The number of carbonyl (C=O) groups excluding carboxylic acids is 1. The summed E-state index contributed by atoms with van der Waals surface area (Å²) in [6, 6.07) is 0. The van der Waals surface area contributed by atoms with Gasteiger partial charge in [-0.05, 0) is 26.7 Å². The summed E-state index contributed by atoms with van der Waals surface area (Å²) in [6.45, 7) is 4.31. The monoisotopic (exact) mass is 278 g/mol. The van der Waals surface area contributed by atoms with Gasteiger partial charge >= 0.3 is 5.97 Å². The molecule has 0 amide bonds. The molecule has 3 atom stereocenters. The summed E-state index contributed by atoms with van der Waals surface area (Å²) >= 11 is 0. The molecule has 0 radical (unpaired) electrons. The molecule has 4 rings (SSSR count). The van der Waals surface area contributed by atoms with Crippen molar-refractivity contribution in [1.82, 2.24) is 10.2 Å². The maximum absolute atomic E-state index is 12.3. The second-order valence-corrected chi connectivity index (χ2v) is 6.28. The lowest BCUT2D eigenvalue weighted by molar-refractivity contribution is -0.0125. The third-order valence-corrected chi connectivity index (χ3v) is 4.55. The van der Waals surface area contributed by atoms with E-state index < -0.39 is 5.60 Å². The molecule has 0 unspecified atom stereocenters. The van der Waals surface area contributed by atoms with E-state index in [1.165, 1.54) is 0 Å². The molecule has 3 aliphatic heterocycles. The predicted octanol–water partition coefficient (Wildman–Crippen LogP) is 1.65. The van der Waals surface area contributed by atoms with Crippen molar-refractivity contribution in [3.63, 3.8) is 0 Å². The number of aromatic nitrogens is 2. The maximum Gasteiger partial charge on any atom is 0.359 e. The van der Waals surface area contributed by atoms with Gasteiger partial charge in [0.25, 0.3) is 0 Å². The molecule has 20 heavy (non-hydrogen) atoms. The number of nitrogens with zero attached hydrogens (tertiary/aromatic N) is 1. The summed E-state index contributed by atoms with van der Waals surface area (Å²) in [5, 5.41) is 7.03. The van der Waals surface area contributed by atoms with E-state index in [2.05, 4.69) is 10.2 Å². The van der Waals surface area contributed by atoms with Crippen LogP contribution in [0.3, 0.4) is 0 Å².